The van der Waals surface area contributed by atoms with E-state index in [2.05, 4.69) is 149 Å². The fourth-order valence-electron chi connectivity index (χ4n) is 6.42. The van der Waals surface area contributed by atoms with Gasteiger partial charge in [-0.1, -0.05) is 179 Å². The average Bonchev–Trinajstić information content (AvgIpc) is 3.12. The van der Waals surface area contributed by atoms with Gasteiger partial charge >= 0.3 is 0 Å². The smallest absolute Gasteiger partial charge is 0.261 e. The highest BCUT2D eigenvalue weighted by atomic mass is 28.4. The van der Waals surface area contributed by atoms with Crippen LogP contribution in [0.3, 0.4) is 0 Å². The van der Waals surface area contributed by atoms with E-state index in [1.165, 1.54) is 10.4 Å². The first kappa shape index (κ1) is 35.5. The first-order valence-electron chi connectivity index (χ1n) is 17.0. The second-order valence-corrected chi connectivity index (χ2v) is 17.9. The minimum atomic E-state index is -2.82. The number of benzene rings is 5. The summed E-state index contributed by atoms with van der Waals surface area (Å²) < 4.78 is 27.5. The van der Waals surface area contributed by atoms with E-state index in [0.29, 0.717) is 33.0 Å². The van der Waals surface area contributed by atoms with Gasteiger partial charge in [0.2, 0.25) is 0 Å². The second kappa shape index (κ2) is 17.5. The van der Waals surface area contributed by atoms with Crippen molar-refractivity contribution in [3.63, 3.8) is 0 Å². The van der Waals surface area contributed by atoms with Crippen LogP contribution >= 0.6 is 0 Å². The number of ether oxygens (including phenoxy) is 3. The molecule has 0 fully saturated rings. The molecule has 250 valence electrons. The zero-order chi connectivity index (χ0) is 33.7. The van der Waals surface area contributed by atoms with Crippen molar-refractivity contribution in [3.8, 4) is 0 Å². The molecule has 0 saturated heterocycles. The van der Waals surface area contributed by atoms with E-state index in [1.807, 2.05) is 30.3 Å². The summed E-state index contributed by atoms with van der Waals surface area (Å²) in [7, 11) is -2.82. The molecule has 0 radical (unpaired) electrons. The highest BCUT2D eigenvalue weighted by Crippen LogP contribution is 2.37. The average molecular weight is 659 g/mol. The van der Waals surface area contributed by atoms with Gasteiger partial charge in [-0.05, 0) is 32.1 Å². The van der Waals surface area contributed by atoms with Crippen LogP contribution in [-0.2, 0) is 38.5 Å². The summed E-state index contributed by atoms with van der Waals surface area (Å²) in [4.78, 5) is 0. The van der Waals surface area contributed by atoms with Crippen molar-refractivity contribution in [2.75, 3.05) is 13.2 Å². The molecule has 0 amide bonds. The van der Waals surface area contributed by atoms with Crippen LogP contribution in [0, 0.1) is 5.92 Å². The van der Waals surface area contributed by atoms with Crippen molar-refractivity contribution >= 4 is 18.7 Å². The molecule has 0 saturated carbocycles. The molecule has 0 bridgehead atoms. The van der Waals surface area contributed by atoms with Crippen molar-refractivity contribution in [1.82, 2.24) is 0 Å². The topological polar surface area (TPSA) is 36.9 Å². The predicted molar refractivity (Wildman–Crippen MR) is 199 cm³/mol. The molecule has 0 aromatic heterocycles. The van der Waals surface area contributed by atoms with E-state index in [0.717, 1.165) is 16.7 Å². The summed E-state index contributed by atoms with van der Waals surface area (Å²) in [5, 5.41) is 2.32. The van der Waals surface area contributed by atoms with Gasteiger partial charge in [-0.15, -0.1) is 0 Å². The van der Waals surface area contributed by atoms with Gasteiger partial charge in [0.1, 0.15) is 6.10 Å². The number of rotatable bonds is 17. The van der Waals surface area contributed by atoms with Crippen molar-refractivity contribution in [3.05, 3.63) is 168 Å². The van der Waals surface area contributed by atoms with Gasteiger partial charge in [-0.2, -0.15) is 0 Å². The molecule has 5 rings (SSSR count). The van der Waals surface area contributed by atoms with E-state index in [1.54, 1.807) is 0 Å². The van der Waals surface area contributed by atoms with Gasteiger partial charge in [0.15, 0.2) is 0 Å². The van der Waals surface area contributed by atoms with Crippen LogP contribution < -0.4 is 10.4 Å². The van der Waals surface area contributed by atoms with E-state index < -0.39 is 8.32 Å². The maximum atomic E-state index is 7.47. The molecule has 0 unspecified atom stereocenters. The van der Waals surface area contributed by atoms with Crippen LogP contribution in [0.1, 0.15) is 44.4 Å². The van der Waals surface area contributed by atoms with Crippen LogP contribution in [0.5, 0.6) is 0 Å². The van der Waals surface area contributed by atoms with Gasteiger partial charge in [0.25, 0.3) is 8.32 Å². The molecule has 48 heavy (non-hydrogen) atoms. The third-order valence-electron chi connectivity index (χ3n) is 8.89. The Bertz CT molecular complexity index is 1550. The van der Waals surface area contributed by atoms with Crippen LogP contribution in [0.4, 0.5) is 0 Å². The maximum Gasteiger partial charge on any atom is 0.261 e. The lowest BCUT2D eigenvalue weighted by molar-refractivity contribution is -0.130. The quantitative estimate of drug-likeness (QED) is 0.0939. The van der Waals surface area contributed by atoms with Gasteiger partial charge in [-0.3, -0.25) is 0 Å². The molecule has 0 spiro atoms. The molecular formula is C43H50O4Si. The Kier molecular flexibility index (Phi) is 12.9. The maximum absolute atomic E-state index is 7.47. The lowest BCUT2D eigenvalue weighted by Crippen LogP contribution is -2.67. The summed E-state index contributed by atoms with van der Waals surface area (Å²) in [5.74, 6) is 0.0287. The monoisotopic (exact) mass is 658 g/mol. The highest BCUT2D eigenvalue weighted by Gasteiger charge is 2.51. The first-order valence-corrected chi connectivity index (χ1v) is 19.0. The molecular weight excluding hydrogens is 609 g/mol. The van der Waals surface area contributed by atoms with Crippen LogP contribution in [-0.4, -0.2) is 33.7 Å². The van der Waals surface area contributed by atoms with Gasteiger partial charge < -0.3 is 18.6 Å². The summed E-state index contributed by atoms with van der Waals surface area (Å²) in [6.45, 7) is 11.5. The van der Waals surface area contributed by atoms with E-state index >= 15 is 0 Å². The van der Waals surface area contributed by atoms with Crippen LogP contribution in [0.15, 0.2) is 152 Å². The zero-order valence-electron chi connectivity index (χ0n) is 28.8. The van der Waals surface area contributed by atoms with Crippen LogP contribution in [0.2, 0.25) is 5.04 Å². The van der Waals surface area contributed by atoms with Crippen LogP contribution in [0.25, 0.3) is 0 Å². The molecule has 4 nitrogen and oxygen atoms in total. The summed E-state index contributed by atoms with van der Waals surface area (Å²) >= 11 is 0. The minimum Gasteiger partial charge on any atom is -0.405 e. The number of hydrogen-bond acceptors (Lipinski definition) is 4. The van der Waals surface area contributed by atoms with Crippen molar-refractivity contribution in [2.24, 2.45) is 5.92 Å². The van der Waals surface area contributed by atoms with E-state index in [9.17, 15) is 0 Å². The summed E-state index contributed by atoms with van der Waals surface area (Å²) in [5.41, 5.74) is 3.38. The first-order chi connectivity index (χ1) is 23.4. The standard InChI is InChI=1S/C43H50O4Si/c1-35(30-44-31-36-20-10-5-11-21-36)42(46-33-38-24-14-7-15-25-38)41(45-32-37-22-12-6-13-23-37)34-47-48(43(2,3)4,39-26-16-8-17-27-39)40-28-18-9-19-29-40/h5-29,35,41-42H,30-34H2,1-4H3/t35-,41-,42+/m0/s1. The molecule has 0 heterocycles. The molecule has 5 heteroatoms. The fraction of sp³-hybridized carbons (Fsp3) is 0.302. The van der Waals surface area contributed by atoms with Gasteiger partial charge in [0, 0.05) is 5.92 Å². The highest BCUT2D eigenvalue weighted by molar-refractivity contribution is 6.99. The lowest BCUT2D eigenvalue weighted by Gasteiger charge is -2.44. The summed E-state index contributed by atoms with van der Waals surface area (Å²) in [6, 6.07) is 52.5. The molecule has 0 N–H and O–H groups in total. The Hall–Kier alpha value is -3.84. The largest absolute Gasteiger partial charge is 0.405 e. The van der Waals surface area contributed by atoms with Crippen molar-refractivity contribution in [1.29, 1.82) is 0 Å². The molecule has 0 aliphatic carbocycles. The number of hydrogen-bond donors (Lipinski definition) is 0. The Morgan fingerprint density at radius 2 is 0.896 bits per heavy atom. The lowest BCUT2D eigenvalue weighted by atomic mass is 10.00. The molecule has 0 aliphatic heterocycles. The third-order valence-corrected chi connectivity index (χ3v) is 13.9. The van der Waals surface area contributed by atoms with Gasteiger partial charge in [-0.25, -0.2) is 0 Å². The molecule has 0 aliphatic rings. The Morgan fingerprint density at radius 1 is 0.500 bits per heavy atom. The second-order valence-electron chi connectivity index (χ2n) is 13.5. The molecule has 3 atom stereocenters. The van der Waals surface area contributed by atoms with Crippen molar-refractivity contribution < 1.29 is 18.6 Å². The Labute approximate surface area is 288 Å². The Balaban J connectivity index is 1.48. The van der Waals surface area contributed by atoms with E-state index in [4.69, 9.17) is 18.6 Å². The zero-order valence-corrected chi connectivity index (χ0v) is 29.8. The summed E-state index contributed by atoms with van der Waals surface area (Å²) in [6.07, 6.45) is -0.645. The third kappa shape index (κ3) is 9.40. The van der Waals surface area contributed by atoms with Gasteiger partial charge in [0.05, 0.1) is 39.1 Å². The fourth-order valence-corrected chi connectivity index (χ4v) is 11.0. The normalized spacial score (nSPS) is 13.9. The van der Waals surface area contributed by atoms with Crippen molar-refractivity contribution in [2.45, 2.75) is 64.8 Å². The Morgan fingerprint density at radius 3 is 1.33 bits per heavy atom. The minimum absolute atomic E-state index is 0.0287. The molecule has 5 aromatic rings. The SMILES string of the molecule is C[C@@H](COCc1ccccc1)[C@@H](OCc1ccccc1)[C@H](CO[Si](c1ccccc1)(c1ccccc1)C(C)(C)C)OCc1ccccc1. The van der Waals surface area contributed by atoms with E-state index in [-0.39, 0.29) is 23.2 Å². The predicted octanol–water partition coefficient (Wildman–Crippen LogP) is 8.59. The molecule has 5 aromatic carbocycles.